The van der Waals surface area contributed by atoms with E-state index in [2.05, 4.69) is 4.90 Å². The van der Waals surface area contributed by atoms with Crippen molar-refractivity contribution < 1.29 is 4.79 Å². The zero-order valence-corrected chi connectivity index (χ0v) is 7.08. The maximum atomic E-state index is 11.3. The van der Waals surface area contributed by atoms with Crippen molar-refractivity contribution >= 4 is 5.91 Å². The number of carbonyl (C=O) groups is 1. The lowest BCUT2D eigenvalue weighted by Gasteiger charge is -2.14. The lowest BCUT2D eigenvalue weighted by molar-refractivity contribution is -0.134. The second kappa shape index (κ2) is 3.19. The normalized spacial score (nSPS) is 25.5. The van der Waals surface area contributed by atoms with Gasteiger partial charge in [-0.15, -0.1) is 0 Å². The molecule has 1 aliphatic heterocycles. The summed E-state index contributed by atoms with van der Waals surface area (Å²) in [6.07, 6.45) is 0.941. The van der Waals surface area contributed by atoms with Crippen molar-refractivity contribution in [3.63, 3.8) is 0 Å². The zero-order valence-electron chi connectivity index (χ0n) is 7.08. The van der Waals surface area contributed by atoms with Crippen LogP contribution < -0.4 is 5.84 Å². The first-order valence-corrected chi connectivity index (χ1v) is 3.82. The third-order valence-corrected chi connectivity index (χ3v) is 2.09. The smallest absolute Gasteiger partial charge is 0.240 e. The first-order chi connectivity index (χ1) is 5.11. The molecule has 64 valence electrons. The summed E-state index contributed by atoms with van der Waals surface area (Å²) in [6, 6.07) is 0. The highest BCUT2D eigenvalue weighted by Crippen LogP contribution is 2.15. The number of likely N-dealkylation sites (tertiary alicyclic amines) is 1. The number of nitrogens with two attached hydrogens (primary N) is 1. The van der Waals surface area contributed by atoms with E-state index in [1.807, 2.05) is 7.05 Å². The van der Waals surface area contributed by atoms with Crippen LogP contribution in [0.3, 0.4) is 0 Å². The number of rotatable bonds is 1. The molecule has 1 rings (SSSR count). The van der Waals surface area contributed by atoms with Crippen LogP contribution in [0, 0.1) is 5.92 Å². The van der Waals surface area contributed by atoms with Gasteiger partial charge in [0.25, 0.3) is 0 Å². The van der Waals surface area contributed by atoms with Crippen molar-refractivity contribution in [2.24, 2.45) is 11.8 Å². The summed E-state index contributed by atoms with van der Waals surface area (Å²) >= 11 is 0. The molecular formula is C7H15N3O. The summed E-state index contributed by atoms with van der Waals surface area (Å²) in [5, 5.41) is 1.18. The Balaban J connectivity index is 2.43. The number of carbonyl (C=O) groups excluding carboxylic acids is 1. The average molecular weight is 157 g/mol. The van der Waals surface area contributed by atoms with Crippen molar-refractivity contribution in [2.45, 2.75) is 6.42 Å². The Morgan fingerprint density at radius 1 is 1.73 bits per heavy atom. The van der Waals surface area contributed by atoms with Crippen LogP contribution >= 0.6 is 0 Å². The van der Waals surface area contributed by atoms with Crippen molar-refractivity contribution in [1.82, 2.24) is 9.91 Å². The predicted molar refractivity (Wildman–Crippen MR) is 42.6 cm³/mol. The molecule has 1 unspecified atom stereocenters. The Kier molecular flexibility index (Phi) is 2.46. The van der Waals surface area contributed by atoms with Crippen LogP contribution in [0.1, 0.15) is 6.42 Å². The molecule has 0 bridgehead atoms. The Bertz CT molecular complexity index is 158. The number of hydrazine groups is 1. The van der Waals surface area contributed by atoms with Gasteiger partial charge in [-0.3, -0.25) is 9.80 Å². The third-order valence-electron chi connectivity index (χ3n) is 2.09. The SMILES string of the molecule is CN1CCC(C(=O)N(C)N)C1. The molecule has 0 aromatic heterocycles. The lowest BCUT2D eigenvalue weighted by Crippen LogP contribution is -2.38. The van der Waals surface area contributed by atoms with Gasteiger partial charge in [-0.25, -0.2) is 5.84 Å². The molecule has 1 saturated heterocycles. The van der Waals surface area contributed by atoms with Crippen molar-refractivity contribution in [3.05, 3.63) is 0 Å². The Hall–Kier alpha value is -0.610. The van der Waals surface area contributed by atoms with Gasteiger partial charge in [-0.2, -0.15) is 0 Å². The monoisotopic (exact) mass is 157 g/mol. The average Bonchev–Trinajstić information content (AvgIpc) is 2.34. The molecule has 0 saturated carbocycles. The predicted octanol–water partition coefficient (Wildman–Crippen LogP) is -0.730. The summed E-state index contributed by atoms with van der Waals surface area (Å²) in [5.41, 5.74) is 0. The summed E-state index contributed by atoms with van der Waals surface area (Å²) in [5.74, 6) is 5.50. The first-order valence-electron chi connectivity index (χ1n) is 3.82. The molecule has 0 aromatic carbocycles. The highest BCUT2D eigenvalue weighted by Gasteiger charge is 2.27. The van der Waals surface area contributed by atoms with Gasteiger partial charge < -0.3 is 4.90 Å². The Morgan fingerprint density at radius 3 is 2.73 bits per heavy atom. The molecule has 11 heavy (non-hydrogen) atoms. The van der Waals surface area contributed by atoms with Crippen molar-refractivity contribution in [2.75, 3.05) is 27.2 Å². The van der Waals surface area contributed by atoms with E-state index >= 15 is 0 Å². The van der Waals surface area contributed by atoms with E-state index in [-0.39, 0.29) is 11.8 Å². The summed E-state index contributed by atoms with van der Waals surface area (Å²) in [6.45, 7) is 1.85. The lowest BCUT2D eigenvalue weighted by atomic mass is 10.1. The third kappa shape index (κ3) is 1.91. The minimum atomic E-state index is 0.0503. The van der Waals surface area contributed by atoms with Crippen LogP contribution in [0.4, 0.5) is 0 Å². The fourth-order valence-electron chi connectivity index (χ4n) is 1.42. The maximum absolute atomic E-state index is 11.3. The minimum Gasteiger partial charge on any atom is -0.306 e. The number of hydrogen-bond donors (Lipinski definition) is 1. The fourth-order valence-corrected chi connectivity index (χ4v) is 1.42. The highest BCUT2D eigenvalue weighted by atomic mass is 16.2. The topological polar surface area (TPSA) is 49.6 Å². The summed E-state index contributed by atoms with van der Waals surface area (Å²) in [4.78, 5) is 13.4. The van der Waals surface area contributed by atoms with Crippen LogP contribution in [-0.2, 0) is 4.79 Å². The van der Waals surface area contributed by atoms with Gasteiger partial charge in [0.05, 0.1) is 5.92 Å². The van der Waals surface area contributed by atoms with E-state index in [4.69, 9.17) is 5.84 Å². The molecule has 0 radical (unpaired) electrons. The highest BCUT2D eigenvalue weighted by molar-refractivity contribution is 5.78. The molecular weight excluding hydrogens is 142 g/mol. The maximum Gasteiger partial charge on any atom is 0.240 e. The molecule has 0 aromatic rings. The molecule has 0 aliphatic carbocycles. The van der Waals surface area contributed by atoms with Gasteiger partial charge in [-0.05, 0) is 20.0 Å². The standard InChI is InChI=1S/C7H15N3O/c1-9-4-3-6(5-9)7(11)10(2)8/h6H,3-5,8H2,1-2H3. The van der Waals surface area contributed by atoms with Gasteiger partial charge >= 0.3 is 0 Å². The largest absolute Gasteiger partial charge is 0.306 e. The Labute approximate surface area is 66.9 Å². The van der Waals surface area contributed by atoms with Gasteiger partial charge in [-0.1, -0.05) is 0 Å². The van der Waals surface area contributed by atoms with Crippen molar-refractivity contribution in [3.8, 4) is 0 Å². The number of amides is 1. The molecule has 1 aliphatic rings. The Morgan fingerprint density at radius 2 is 2.36 bits per heavy atom. The molecule has 1 heterocycles. The van der Waals surface area contributed by atoms with Gasteiger partial charge in [0.1, 0.15) is 0 Å². The van der Waals surface area contributed by atoms with Crippen molar-refractivity contribution in [1.29, 1.82) is 0 Å². The summed E-state index contributed by atoms with van der Waals surface area (Å²) in [7, 11) is 3.62. The van der Waals surface area contributed by atoms with Crippen LogP contribution in [-0.4, -0.2) is 43.0 Å². The quantitative estimate of drug-likeness (QED) is 0.310. The molecule has 1 amide bonds. The van der Waals surface area contributed by atoms with E-state index in [1.165, 1.54) is 5.01 Å². The molecule has 4 nitrogen and oxygen atoms in total. The zero-order chi connectivity index (χ0) is 8.43. The van der Waals surface area contributed by atoms with E-state index in [0.29, 0.717) is 0 Å². The fraction of sp³-hybridized carbons (Fsp3) is 0.857. The van der Waals surface area contributed by atoms with Crippen LogP contribution in [0.5, 0.6) is 0 Å². The molecule has 1 fully saturated rings. The molecule has 2 N–H and O–H groups in total. The summed E-state index contributed by atoms with van der Waals surface area (Å²) < 4.78 is 0. The van der Waals surface area contributed by atoms with E-state index < -0.39 is 0 Å². The molecule has 1 atom stereocenters. The second-order valence-corrected chi connectivity index (χ2v) is 3.20. The van der Waals surface area contributed by atoms with Gasteiger partial charge in [0.15, 0.2) is 0 Å². The first kappa shape index (κ1) is 8.49. The van der Waals surface area contributed by atoms with Crippen LogP contribution in [0.2, 0.25) is 0 Å². The minimum absolute atomic E-state index is 0.0503. The molecule has 0 spiro atoms. The van der Waals surface area contributed by atoms with Gasteiger partial charge in [0.2, 0.25) is 5.91 Å². The second-order valence-electron chi connectivity index (χ2n) is 3.20. The van der Waals surface area contributed by atoms with E-state index in [9.17, 15) is 4.79 Å². The van der Waals surface area contributed by atoms with Crippen LogP contribution in [0.15, 0.2) is 0 Å². The molecule has 4 heteroatoms. The number of nitrogens with zero attached hydrogens (tertiary/aromatic N) is 2. The van der Waals surface area contributed by atoms with Gasteiger partial charge in [0, 0.05) is 13.6 Å². The van der Waals surface area contributed by atoms with E-state index in [0.717, 1.165) is 19.5 Å². The van der Waals surface area contributed by atoms with Crippen LogP contribution in [0.25, 0.3) is 0 Å². The van der Waals surface area contributed by atoms with E-state index in [1.54, 1.807) is 7.05 Å². The number of hydrogen-bond acceptors (Lipinski definition) is 3.